The Bertz CT molecular complexity index is 212. The number of rotatable bonds is 1. The van der Waals surface area contributed by atoms with Gasteiger partial charge in [-0.1, -0.05) is 39.0 Å². The molecule has 2 unspecified atom stereocenters. The van der Waals surface area contributed by atoms with E-state index in [1.807, 2.05) is 0 Å². The minimum absolute atomic E-state index is 0. The second kappa shape index (κ2) is 9.15. The Labute approximate surface area is 146 Å². The molecule has 0 N–H and O–H groups in total. The quantitative estimate of drug-likeness (QED) is 0.393. The van der Waals surface area contributed by atoms with E-state index >= 15 is 0 Å². The van der Waals surface area contributed by atoms with Gasteiger partial charge in [0.15, 0.2) is 0 Å². The normalized spacial score (nSPS) is 30.2. The summed E-state index contributed by atoms with van der Waals surface area (Å²) in [6.45, 7) is 13.4. The van der Waals surface area contributed by atoms with Crippen molar-refractivity contribution in [1.82, 2.24) is 0 Å². The summed E-state index contributed by atoms with van der Waals surface area (Å²) in [7, 11) is 0. The van der Waals surface area contributed by atoms with Gasteiger partial charge in [0.05, 0.1) is 0 Å². The van der Waals surface area contributed by atoms with Gasteiger partial charge in [-0.15, -0.1) is 0 Å². The van der Waals surface area contributed by atoms with Crippen molar-refractivity contribution in [2.75, 3.05) is 0 Å². The SMILES string of the molecule is CC(C)(C)CC1CC2C[CH-]CC(C2)C1.C[C-](C)C.[U+2]. The second-order valence-electron chi connectivity index (χ2n) is 8.33. The summed E-state index contributed by atoms with van der Waals surface area (Å²) in [6, 6.07) is 0. The molecule has 0 spiro atoms. The standard InChI is InChI=1S/C14H25.C4H9.U/c1-14(2,3)10-13-8-11-5-4-6-12(7-11)9-13;1-4(2)3;/h4,11-13H,5-10H2,1-3H3;1-3H3;/q2*-1;+2. The van der Waals surface area contributed by atoms with E-state index in [0.29, 0.717) is 5.41 Å². The molecule has 1 heteroatoms. The summed E-state index contributed by atoms with van der Waals surface area (Å²) in [6.07, 6.45) is 11.4. The van der Waals surface area contributed by atoms with Crippen molar-refractivity contribution in [2.45, 2.75) is 80.1 Å². The average molecular weight is 488 g/mol. The topological polar surface area (TPSA) is 0 Å². The van der Waals surface area contributed by atoms with E-state index in [2.05, 4.69) is 48.0 Å². The monoisotopic (exact) mass is 488 g/mol. The summed E-state index contributed by atoms with van der Waals surface area (Å²) in [5.41, 5.74) is 0.542. The fourth-order valence-corrected chi connectivity index (χ4v) is 3.69. The van der Waals surface area contributed by atoms with E-state index in [1.54, 1.807) is 0 Å². The fraction of sp³-hybridized carbons (Fsp3) is 0.889. The van der Waals surface area contributed by atoms with Crippen LogP contribution in [0.2, 0.25) is 0 Å². The minimum Gasteiger partial charge on any atom is -0.328 e. The predicted octanol–water partition coefficient (Wildman–Crippen LogP) is 6.07. The molecular formula is C18H34U. The number of fused-ring (bicyclic) bond motifs is 2. The summed E-state index contributed by atoms with van der Waals surface area (Å²) in [4.78, 5) is 0. The number of hydrogen-bond donors (Lipinski definition) is 0. The molecule has 2 fully saturated rings. The maximum atomic E-state index is 2.55. The van der Waals surface area contributed by atoms with Crippen LogP contribution in [-0.2, 0) is 0 Å². The molecule has 19 heavy (non-hydrogen) atoms. The van der Waals surface area contributed by atoms with Crippen molar-refractivity contribution in [3.05, 3.63) is 12.3 Å². The van der Waals surface area contributed by atoms with Crippen LogP contribution in [0.1, 0.15) is 80.1 Å². The van der Waals surface area contributed by atoms with Gasteiger partial charge in [-0.2, -0.15) is 33.6 Å². The number of hydrogen-bond acceptors (Lipinski definition) is 0. The van der Waals surface area contributed by atoms with Crippen molar-refractivity contribution in [3.8, 4) is 0 Å². The van der Waals surface area contributed by atoms with Gasteiger partial charge in [0.25, 0.3) is 0 Å². The Morgan fingerprint density at radius 1 is 0.947 bits per heavy atom. The molecule has 0 aromatic heterocycles. The molecular weight excluding hydrogens is 454 g/mol. The largest absolute Gasteiger partial charge is 2.00 e. The predicted molar refractivity (Wildman–Crippen MR) is 82.2 cm³/mol. The van der Waals surface area contributed by atoms with Crippen LogP contribution in [0, 0.1) is 66.6 Å². The van der Waals surface area contributed by atoms with Crippen LogP contribution in [0.25, 0.3) is 0 Å². The van der Waals surface area contributed by atoms with Gasteiger partial charge in [-0.3, -0.25) is 0 Å². The molecule has 0 aliphatic heterocycles. The zero-order valence-corrected chi connectivity index (χ0v) is 18.2. The van der Waals surface area contributed by atoms with E-state index in [1.165, 1.54) is 44.4 Å². The third-order valence-corrected chi connectivity index (χ3v) is 3.90. The minimum atomic E-state index is 0. The van der Waals surface area contributed by atoms with E-state index in [-0.39, 0.29) is 31.1 Å². The van der Waals surface area contributed by atoms with Crippen LogP contribution >= 0.6 is 0 Å². The molecule has 0 saturated heterocycles. The van der Waals surface area contributed by atoms with Crippen molar-refractivity contribution in [3.63, 3.8) is 0 Å². The van der Waals surface area contributed by atoms with E-state index < -0.39 is 0 Å². The Balaban J connectivity index is 0.000000576. The Kier molecular flexibility index (Phi) is 9.65. The van der Waals surface area contributed by atoms with Gasteiger partial charge >= 0.3 is 31.1 Å². The van der Waals surface area contributed by atoms with Crippen molar-refractivity contribution >= 4 is 0 Å². The van der Waals surface area contributed by atoms with Crippen molar-refractivity contribution in [1.29, 1.82) is 0 Å². The molecule has 0 amide bonds. The zero-order valence-electron chi connectivity index (χ0n) is 14.1. The Morgan fingerprint density at radius 3 is 1.74 bits per heavy atom. The molecule has 0 radical (unpaired) electrons. The molecule has 0 nitrogen and oxygen atoms in total. The van der Waals surface area contributed by atoms with Crippen LogP contribution in [0.5, 0.6) is 0 Å². The van der Waals surface area contributed by atoms with E-state index in [9.17, 15) is 0 Å². The third kappa shape index (κ3) is 9.58. The summed E-state index contributed by atoms with van der Waals surface area (Å²) >= 11 is 0. The van der Waals surface area contributed by atoms with Gasteiger partial charge in [-0.05, 0) is 30.6 Å². The molecule has 2 rings (SSSR count). The summed E-state index contributed by atoms with van der Waals surface area (Å²) in [5, 5.41) is 0. The van der Waals surface area contributed by atoms with Crippen LogP contribution in [0.15, 0.2) is 0 Å². The van der Waals surface area contributed by atoms with Gasteiger partial charge in [-0.25, -0.2) is 0 Å². The Hall–Kier alpha value is 1.05. The first-order valence-electron chi connectivity index (χ1n) is 7.84. The van der Waals surface area contributed by atoms with E-state index in [4.69, 9.17) is 0 Å². The van der Waals surface area contributed by atoms with Gasteiger partial charge < -0.3 is 12.3 Å². The first-order valence-corrected chi connectivity index (χ1v) is 7.84. The molecule has 110 valence electrons. The third-order valence-electron chi connectivity index (χ3n) is 3.90. The smallest absolute Gasteiger partial charge is 0.328 e. The van der Waals surface area contributed by atoms with Crippen LogP contribution < -0.4 is 0 Å². The summed E-state index contributed by atoms with van der Waals surface area (Å²) in [5.74, 6) is 4.55. The van der Waals surface area contributed by atoms with Gasteiger partial charge in [0.1, 0.15) is 0 Å². The van der Waals surface area contributed by atoms with Crippen LogP contribution in [0.4, 0.5) is 0 Å². The molecule has 0 heterocycles. The van der Waals surface area contributed by atoms with Crippen molar-refractivity contribution in [2.24, 2.45) is 23.2 Å². The molecule has 0 aromatic carbocycles. The molecule has 2 aliphatic carbocycles. The molecule has 2 saturated carbocycles. The van der Waals surface area contributed by atoms with E-state index in [0.717, 1.165) is 17.8 Å². The second-order valence-corrected chi connectivity index (χ2v) is 8.33. The van der Waals surface area contributed by atoms with Crippen molar-refractivity contribution < 1.29 is 31.1 Å². The van der Waals surface area contributed by atoms with Gasteiger partial charge in [0, 0.05) is 0 Å². The molecule has 2 atom stereocenters. The summed E-state index contributed by atoms with van der Waals surface area (Å²) < 4.78 is 0. The maximum Gasteiger partial charge on any atom is 2.00 e. The first-order chi connectivity index (χ1) is 8.26. The maximum absolute atomic E-state index is 2.55. The van der Waals surface area contributed by atoms with Gasteiger partial charge in [0.2, 0.25) is 0 Å². The first kappa shape index (κ1) is 20.1. The van der Waals surface area contributed by atoms with Crippen LogP contribution in [0.3, 0.4) is 0 Å². The average Bonchev–Trinajstić information content (AvgIpc) is 2.12. The molecule has 2 aliphatic rings. The molecule has 2 bridgehead atoms. The molecule has 0 aromatic rings. The fourth-order valence-electron chi connectivity index (χ4n) is 3.69. The van der Waals surface area contributed by atoms with Crippen LogP contribution in [-0.4, -0.2) is 0 Å². The Morgan fingerprint density at radius 2 is 1.37 bits per heavy atom. The zero-order chi connectivity index (χ0) is 13.8.